The first-order valence-electron chi connectivity index (χ1n) is 6.34. The van der Waals surface area contributed by atoms with Gasteiger partial charge in [-0.2, -0.15) is 0 Å². The van der Waals surface area contributed by atoms with Gasteiger partial charge in [0.15, 0.2) is 0 Å². The molecule has 1 atom stereocenters. The lowest BCUT2D eigenvalue weighted by Crippen LogP contribution is -2.45. The summed E-state index contributed by atoms with van der Waals surface area (Å²) in [6.45, 7) is 3.68. The van der Waals surface area contributed by atoms with E-state index in [2.05, 4.69) is 21.2 Å². The smallest absolute Gasteiger partial charge is 0.248 e. The Morgan fingerprint density at radius 2 is 1.80 bits per heavy atom. The summed E-state index contributed by atoms with van der Waals surface area (Å²) < 4.78 is 0.872. The number of rotatable bonds is 3. The van der Waals surface area contributed by atoms with E-state index in [-0.39, 0.29) is 5.91 Å². The van der Waals surface area contributed by atoms with Gasteiger partial charge in [0.2, 0.25) is 5.91 Å². The Hall–Kier alpha value is -1.65. The van der Waals surface area contributed by atoms with Crippen LogP contribution in [0.1, 0.15) is 18.1 Å². The minimum atomic E-state index is -1.08. The lowest BCUT2D eigenvalue weighted by atomic mass is 9.92. The van der Waals surface area contributed by atoms with Gasteiger partial charge in [0.25, 0.3) is 0 Å². The van der Waals surface area contributed by atoms with Gasteiger partial charge in [0.05, 0.1) is 5.69 Å². The first-order valence-corrected chi connectivity index (χ1v) is 7.13. The topological polar surface area (TPSA) is 55.1 Å². The number of hydrogen-bond donors (Lipinski definition) is 2. The normalized spacial score (nSPS) is 13.6. The van der Waals surface area contributed by atoms with Crippen molar-refractivity contribution in [1.29, 1.82) is 0 Å². The third-order valence-corrected chi connectivity index (χ3v) is 4.34. The summed E-state index contributed by atoms with van der Waals surface area (Å²) in [4.78, 5) is 12.4. The van der Waals surface area contributed by atoms with Gasteiger partial charge in [-0.05, 0) is 47.0 Å². The van der Waals surface area contributed by atoms with Crippen molar-refractivity contribution in [2.75, 3.05) is 5.32 Å². The molecule has 0 spiro atoms. The lowest BCUT2D eigenvalue weighted by molar-refractivity contribution is -0.120. The van der Waals surface area contributed by atoms with Crippen molar-refractivity contribution in [2.45, 2.75) is 19.4 Å². The SMILES string of the molecule is Cc1cccc(NC(=O)C(C)(N)c2ccccc2)c1Br. The van der Waals surface area contributed by atoms with E-state index >= 15 is 0 Å². The zero-order chi connectivity index (χ0) is 14.8. The predicted molar refractivity (Wildman–Crippen MR) is 85.5 cm³/mol. The van der Waals surface area contributed by atoms with E-state index in [1.54, 1.807) is 6.92 Å². The van der Waals surface area contributed by atoms with Gasteiger partial charge in [0, 0.05) is 4.47 Å². The number of halogens is 1. The first-order chi connectivity index (χ1) is 9.43. The highest BCUT2D eigenvalue weighted by atomic mass is 79.9. The molecule has 3 nitrogen and oxygen atoms in total. The standard InChI is InChI=1S/C16H17BrN2O/c1-11-7-6-10-13(14(11)17)19-15(20)16(2,18)12-8-4-3-5-9-12/h3-10H,18H2,1-2H3,(H,19,20). The van der Waals surface area contributed by atoms with Crippen molar-refractivity contribution in [2.24, 2.45) is 5.73 Å². The van der Waals surface area contributed by atoms with Crippen LogP contribution in [0.5, 0.6) is 0 Å². The highest BCUT2D eigenvalue weighted by Gasteiger charge is 2.30. The van der Waals surface area contributed by atoms with Gasteiger partial charge >= 0.3 is 0 Å². The Kier molecular flexibility index (Phi) is 4.26. The number of aryl methyl sites for hydroxylation is 1. The maximum Gasteiger partial charge on any atom is 0.248 e. The summed E-state index contributed by atoms with van der Waals surface area (Å²) in [6.07, 6.45) is 0. The van der Waals surface area contributed by atoms with E-state index in [0.29, 0.717) is 0 Å². The molecule has 20 heavy (non-hydrogen) atoms. The zero-order valence-electron chi connectivity index (χ0n) is 11.5. The second kappa shape index (κ2) is 5.77. The van der Waals surface area contributed by atoms with Gasteiger partial charge < -0.3 is 11.1 Å². The fraction of sp³-hybridized carbons (Fsp3) is 0.188. The van der Waals surface area contributed by atoms with E-state index in [1.807, 2.05) is 55.5 Å². The summed E-state index contributed by atoms with van der Waals surface area (Å²) in [5.74, 6) is -0.241. The summed E-state index contributed by atoms with van der Waals surface area (Å²) >= 11 is 3.48. The molecule has 0 radical (unpaired) electrons. The van der Waals surface area contributed by atoms with E-state index in [9.17, 15) is 4.79 Å². The van der Waals surface area contributed by atoms with Crippen LogP contribution in [-0.4, -0.2) is 5.91 Å². The second-order valence-electron chi connectivity index (χ2n) is 4.96. The average Bonchev–Trinajstić information content (AvgIpc) is 2.44. The number of carbonyl (C=O) groups is 1. The van der Waals surface area contributed by atoms with Gasteiger partial charge in [-0.3, -0.25) is 4.79 Å². The largest absolute Gasteiger partial charge is 0.323 e. The van der Waals surface area contributed by atoms with Crippen LogP contribution < -0.4 is 11.1 Å². The van der Waals surface area contributed by atoms with Crippen LogP contribution in [0.3, 0.4) is 0 Å². The molecule has 2 rings (SSSR count). The lowest BCUT2D eigenvalue weighted by Gasteiger charge is -2.24. The van der Waals surface area contributed by atoms with Gasteiger partial charge in [-0.1, -0.05) is 42.5 Å². The van der Waals surface area contributed by atoms with Gasteiger partial charge in [-0.25, -0.2) is 0 Å². The van der Waals surface area contributed by atoms with Crippen LogP contribution >= 0.6 is 15.9 Å². The van der Waals surface area contributed by atoms with E-state index in [1.165, 1.54) is 0 Å². The number of anilines is 1. The molecule has 0 aliphatic heterocycles. The number of nitrogens with two attached hydrogens (primary N) is 1. The molecule has 1 amide bonds. The van der Waals surface area contributed by atoms with Crippen molar-refractivity contribution in [1.82, 2.24) is 0 Å². The summed E-state index contributed by atoms with van der Waals surface area (Å²) in [5.41, 5.74) is 7.67. The number of carbonyl (C=O) groups excluding carboxylic acids is 1. The van der Waals surface area contributed by atoms with E-state index in [0.717, 1.165) is 21.3 Å². The van der Waals surface area contributed by atoms with E-state index < -0.39 is 5.54 Å². The summed E-state index contributed by atoms with van der Waals surface area (Å²) in [7, 11) is 0. The first kappa shape index (κ1) is 14.8. The van der Waals surface area contributed by atoms with Crippen LogP contribution in [0.4, 0.5) is 5.69 Å². The Labute approximate surface area is 127 Å². The number of amides is 1. The number of nitrogens with one attached hydrogen (secondary N) is 1. The highest BCUT2D eigenvalue weighted by molar-refractivity contribution is 9.10. The second-order valence-corrected chi connectivity index (χ2v) is 5.75. The molecule has 0 heterocycles. The Morgan fingerprint density at radius 1 is 1.15 bits per heavy atom. The van der Waals surface area contributed by atoms with E-state index in [4.69, 9.17) is 5.73 Å². The monoisotopic (exact) mass is 332 g/mol. The molecule has 1 unspecified atom stereocenters. The molecular formula is C16H17BrN2O. The molecule has 0 fully saturated rings. The Morgan fingerprint density at radius 3 is 2.45 bits per heavy atom. The molecular weight excluding hydrogens is 316 g/mol. The highest BCUT2D eigenvalue weighted by Crippen LogP contribution is 2.27. The molecule has 4 heteroatoms. The minimum Gasteiger partial charge on any atom is -0.323 e. The van der Waals surface area contributed by atoms with Crippen LogP contribution in [0, 0.1) is 6.92 Å². The molecule has 0 saturated carbocycles. The fourth-order valence-electron chi connectivity index (χ4n) is 1.91. The molecule has 2 aromatic carbocycles. The summed E-state index contributed by atoms with van der Waals surface area (Å²) in [5, 5.41) is 2.88. The summed E-state index contributed by atoms with van der Waals surface area (Å²) in [6, 6.07) is 15.1. The van der Waals surface area contributed by atoms with Crippen LogP contribution in [-0.2, 0) is 10.3 Å². The molecule has 2 aromatic rings. The molecule has 0 aliphatic rings. The minimum absolute atomic E-state index is 0.241. The van der Waals surface area contributed by atoms with Crippen molar-refractivity contribution in [3.63, 3.8) is 0 Å². The third-order valence-electron chi connectivity index (χ3n) is 3.29. The Balaban J connectivity index is 2.26. The van der Waals surface area contributed by atoms with Crippen molar-refractivity contribution in [3.05, 3.63) is 64.1 Å². The molecule has 0 bridgehead atoms. The quantitative estimate of drug-likeness (QED) is 0.902. The third kappa shape index (κ3) is 2.92. The van der Waals surface area contributed by atoms with Crippen LogP contribution in [0.2, 0.25) is 0 Å². The van der Waals surface area contributed by atoms with Crippen LogP contribution in [0.25, 0.3) is 0 Å². The van der Waals surface area contributed by atoms with Crippen molar-refractivity contribution < 1.29 is 4.79 Å². The fourth-order valence-corrected chi connectivity index (χ4v) is 2.28. The average molecular weight is 333 g/mol. The maximum atomic E-state index is 12.4. The zero-order valence-corrected chi connectivity index (χ0v) is 13.1. The maximum absolute atomic E-state index is 12.4. The van der Waals surface area contributed by atoms with Crippen LogP contribution in [0.15, 0.2) is 53.0 Å². The van der Waals surface area contributed by atoms with Gasteiger partial charge in [0.1, 0.15) is 5.54 Å². The van der Waals surface area contributed by atoms with Gasteiger partial charge in [-0.15, -0.1) is 0 Å². The Bertz CT molecular complexity index is 624. The van der Waals surface area contributed by atoms with Crippen molar-refractivity contribution in [3.8, 4) is 0 Å². The molecule has 0 aliphatic carbocycles. The predicted octanol–water partition coefficient (Wildman–Crippen LogP) is 3.57. The molecule has 3 N–H and O–H groups in total. The van der Waals surface area contributed by atoms with Crippen molar-refractivity contribution >= 4 is 27.5 Å². The number of benzene rings is 2. The number of hydrogen-bond acceptors (Lipinski definition) is 2. The molecule has 0 saturated heterocycles. The molecule has 0 aromatic heterocycles. The molecule has 104 valence electrons.